The number of benzene rings is 2. The van der Waals surface area contributed by atoms with E-state index in [1.807, 2.05) is 6.66 Å². The van der Waals surface area contributed by atoms with Crippen molar-refractivity contribution in [2.24, 2.45) is 11.8 Å². The maximum absolute atomic E-state index is 2.60. The van der Waals surface area contributed by atoms with Gasteiger partial charge in [-0.2, -0.15) is 0 Å². The summed E-state index contributed by atoms with van der Waals surface area (Å²) in [4.78, 5) is 0. The van der Waals surface area contributed by atoms with Crippen LogP contribution >= 0.6 is 12.4 Å². The van der Waals surface area contributed by atoms with Crippen molar-refractivity contribution in [1.29, 1.82) is 0 Å². The predicted octanol–water partition coefficient (Wildman–Crippen LogP) is 8.91. The van der Waals surface area contributed by atoms with E-state index in [1.165, 1.54) is 33.4 Å². The van der Waals surface area contributed by atoms with Gasteiger partial charge in [0.1, 0.15) is 0 Å². The van der Waals surface area contributed by atoms with Gasteiger partial charge in [-0.1, -0.05) is 0 Å². The molecule has 0 fully saturated rings. The van der Waals surface area contributed by atoms with Gasteiger partial charge in [-0.15, -0.1) is 12.4 Å². The van der Waals surface area contributed by atoms with Gasteiger partial charge in [0.2, 0.25) is 0 Å². The average molecular weight is 640 g/mol. The molecule has 2 aromatic carbocycles. The van der Waals surface area contributed by atoms with Gasteiger partial charge < -0.3 is 0 Å². The molecular weight excluding hydrogens is 602 g/mol. The van der Waals surface area contributed by atoms with Crippen LogP contribution in [0.1, 0.15) is 49.9 Å². The zero-order valence-electron chi connectivity index (χ0n) is 21.3. The number of allylic oxidation sites excluding steroid dienone is 8. The van der Waals surface area contributed by atoms with Gasteiger partial charge in [-0.25, -0.2) is 0 Å². The van der Waals surface area contributed by atoms with Gasteiger partial charge >= 0.3 is 204 Å². The molecule has 2 unspecified atom stereocenters. The molecule has 0 amide bonds. The van der Waals surface area contributed by atoms with Crippen LogP contribution in [0, 0.1) is 25.7 Å². The van der Waals surface area contributed by atoms with Crippen molar-refractivity contribution in [3.63, 3.8) is 0 Å². The topological polar surface area (TPSA) is 0 Å². The summed E-state index contributed by atoms with van der Waals surface area (Å²) < 4.78 is 3.76. The number of halogens is 1. The molecule has 0 radical (unpaired) electrons. The first kappa shape index (κ1) is 26.4. The van der Waals surface area contributed by atoms with Gasteiger partial charge in [0, 0.05) is 0 Å². The van der Waals surface area contributed by atoms with Gasteiger partial charge in [-0.3, -0.25) is 0 Å². The molecule has 0 spiro atoms. The van der Waals surface area contributed by atoms with Crippen LogP contribution in [0.3, 0.4) is 0 Å². The summed E-state index contributed by atoms with van der Waals surface area (Å²) in [6.07, 6.45) is 5.14. The van der Waals surface area contributed by atoms with Crippen LogP contribution in [0.5, 0.6) is 0 Å². The third-order valence-corrected chi connectivity index (χ3v) is 33.1. The third kappa shape index (κ3) is 5.09. The average Bonchev–Trinajstić information content (AvgIpc) is 3.19. The van der Waals surface area contributed by atoms with Crippen molar-refractivity contribution < 1.29 is 20.1 Å². The van der Waals surface area contributed by atoms with Crippen LogP contribution in [-0.2, 0) is 20.1 Å². The Bertz CT molecular complexity index is 1160. The van der Waals surface area contributed by atoms with E-state index in [2.05, 4.69) is 115 Å². The number of rotatable bonds is 4. The van der Waals surface area contributed by atoms with Crippen LogP contribution < -0.4 is 0 Å². The number of hydrogen-bond acceptors (Lipinski definition) is 0. The standard InChI is InChI=1S/2C14H15.C2H6Si.ClH.Hf/c2*1-10-5-4-6-13(8-10)14-9-11(2)7-12(14)3;1-3-2;;/h2*4-6,8-9,11H,1-3H3;1-2H3;1H;. The number of hydrogen-bond donors (Lipinski definition) is 0. The molecular formula is C30H37ClHfSi. The van der Waals surface area contributed by atoms with Crippen molar-refractivity contribution in [2.45, 2.75) is 54.6 Å². The second-order valence-electron chi connectivity index (χ2n) is 9.93. The van der Waals surface area contributed by atoms with E-state index >= 15 is 0 Å². The van der Waals surface area contributed by atoms with E-state index < -0.39 is 20.1 Å². The van der Waals surface area contributed by atoms with E-state index in [-0.39, 0.29) is 17.9 Å². The Morgan fingerprint density at radius 3 is 1.39 bits per heavy atom. The van der Waals surface area contributed by atoms with Crippen LogP contribution in [0.4, 0.5) is 0 Å². The van der Waals surface area contributed by atoms with Gasteiger partial charge in [0.15, 0.2) is 0 Å². The first-order chi connectivity index (χ1) is 15.2. The fourth-order valence-corrected chi connectivity index (χ4v) is 33.7. The molecule has 2 atom stereocenters. The summed E-state index contributed by atoms with van der Waals surface area (Å²) in [5.74, 6) is 1.17. The molecule has 0 bridgehead atoms. The molecule has 2 aromatic rings. The predicted molar refractivity (Wildman–Crippen MR) is 147 cm³/mol. The van der Waals surface area contributed by atoms with Crippen molar-refractivity contribution in [3.8, 4) is 0 Å². The Morgan fingerprint density at radius 2 is 1.06 bits per heavy atom. The Morgan fingerprint density at radius 1 is 0.667 bits per heavy atom. The molecule has 0 aliphatic heterocycles. The second-order valence-corrected chi connectivity index (χ2v) is 33.4. The van der Waals surface area contributed by atoms with Gasteiger partial charge in [0.25, 0.3) is 0 Å². The normalized spacial score (nSPS) is 20.0. The van der Waals surface area contributed by atoms with E-state index in [9.17, 15) is 0 Å². The molecule has 0 aromatic heterocycles. The first-order valence-corrected chi connectivity index (χ1v) is 23.4. The molecule has 2 aliphatic carbocycles. The van der Waals surface area contributed by atoms with Crippen LogP contribution in [0.15, 0.2) is 78.5 Å². The smallest absolute Gasteiger partial charge is 0.147 e. The summed E-state index contributed by atoms with van der Waals surface area (Å²) in [5, 5.41) is 0. The molecule has 33 heavy (non-hydrogen) atoms. The third-order valence-electron chi connectivity index (χ3n) is 7.06. The summed E-state index contributed by atoms with van der Waals surface area (Å²) in [5.41, 5.74) is 11.3. The zero-order valence-corrected chi connectivity index (χ0v) is 26.7. The van der Waals surface area contributed by atoms with Crippen molar-refractivity contribution in [1.82, 2.24) is 0 Å². The van der Waals surface area contributed by atoms with Crippen LogP contribution in [-0.4, -0.2) is 5.49 Å². The van der Waals surface area contributed by atoms with Crippen molar-refractivity contribution in [2.75, 3.05) is 0 Å². The number of aryl methyl sites for hydroxylation is 2. The quantitative estimate of drug-likeness (QED) is 0.293. The first-order valence-electron chi connectivity index (χ1n) is 11.9. The van der Waals surface area contributed by atoms with E-state index in [1.54, 1.807) is 11.1 Å². The molecule has 0 heterocycles. The summed E-state index contributed by atoms with van der Waals surface area (Å²) in [6, 6.07) is 18.1. The minimum atomic E-state index is -2.20. The Kier molecular flexibility index (Phi) is 8.46. The maximum atomic E-state index is 2.60. The Labute approximate surface area is 215 Å². The largest absolute Gasteiger partial charge is 0.147 e. The van der Waals surface area contributed by atoms with Crippen LogP contribution in [0.2, 0.25) is 13.1 Å². The SMILES string of the molecule is CC1=[C]([Hf]([C]2=C(C)C(c3cccc(C)c3)=CC2C)=[Si](C)C)C(C)C=C1c1cccc(C)c1.Cl. The van der Waals surface area contributed by atoms with Crippen molar-refractivity contribution in [3.05, 3.63) is 101 Å². The summed E-state index contributed by atoms with van der Waals surface area (Å²) in [7, 11) is 0. The van der Waals surface area contributed by atoms with E-state index in [0.717, 1.165) is 0 Å². The molecule has 0 N–H and O–H groups in total. The Hall–Kier alpha value is -1.22. The molecule has 2 aliphatic rings. The monoisotopic (exact) mass is 640 g/mol. The molecule has 0 nitrogen and oxygen atoms in total. The second kappa shape index (κ2) is 10.6. The van der Waals surface area contributed by atoms with Crippen molar-refractivity contribution >= 4 is 29.0 Å². The van der Waals surface area contributed by atoms with Gasteiger partial charge in [-0.05, 0) is 0 Å². The van der Waals surface area contributed by atoms with Crippen LogP contribution in [0.25, 0.3) is 11.1 Å². The maximum Gasteiger partial charge on any atom is -0.147 e. The molecule has 3 heteroatoms. The van der Waals surface area contributed by atoms with Gasteiger partial charge in [0.05, 0.1) is 0 Å². The minimum Gasteiger partial charge on any atom is -0.147 e. The fourth-order valence-electron chi connectivity index (χ4n) is 5.65. The summed E-state index contributed by atoms with van der Waals surface area (Å²) in [6.45, 7) is 19.4. The molecule has 0 saturated heterocycles. The molecule has 0 saturated carbocycles. The molecule has 172 valence electrons. The van der Waals surface area contributed by atoms with E-state index in [0.29, 0.717) is 11.8 Å². The zero-order chi connectivity index (χ0) is 23.2. The summed E-state index contributed by atoms with van der Waals surface area (Å²) >= 11 is -2.20. The molecule has 4 rings (SSSR count). The van der Waals surface area contributed by atoms with E-state index in [4.69, 9.17) is 0 Å². The minimum absolute atomic E-state index is 0. The Balaban J connectivity index is 0.00000306. The fraction of sp³-hybridized carbons (Fsp3) is 0.333.